The largest absolute Gasteiger partial charge is 0.481 e. The van der Waals surface area contributed by atoms with Crippen molar-refractivity contribution < 1.29 is 14.6 Å². The van der Waals surface area contributed by atoms with Gasteiger partial charge in [-0.25, -0.2) is 0 Å². The maximum atomic E-state index is 10.3. The Labute approximate surface area is 91.2 Å². The zero-order valence-electron chi connectivity index (χ0n) is 9.45. The highest BCUT2D eigenvalue weighted by atomic mass is 16.5. The molecule has 1 aliphatic rings. The molecule has 1 aliphatic heterocycles. The first-order valence-electron chi connectivity index (χ1n) is 5.66. The molecule has 0 aromatic carbocycles. The molecule has 0 saturated carbocycles. The van der Waals surface area contributed by atoms with Gasteiger partial charge in [-0.2, -0.15) is 0 Å². The second kappa shape index (κ2) is 6.80. The molecule has 1 rings (SSSR count). The molecule has 4 heteroatoms. The molecule has 0 aliphatic carbocycles. The third-order valence-electron chi connectivity index (χ3n) is 2.84. The Morgan fingerprint density at radius 1 is 1.47 bits per heavy atom. The summed E-state index contributed by atoms with van der Waals surface area (Å²) < 4.78 is 5.30. The topological polar surface area (TPSA) is 49.8 Å². The molecule has 0 radical (unpaired) electrons. The van der Waals surface area contributed by atoms with Crippen molar-refractivity contribution in [1.82, 2.24) is 4.90 Å². The van der Waals surface area contributed by atoms with Crippen LogP contribution in [0.2, 0.25) is 0 Å². The van der Waals surface area contributed by atoms with Crippen LogP contribution in [0.25, 0.3) is 0 Å². The van der Waals surface area contributed by atoms with Crippen LogP contribution in [0, 0.1) is 5.92 Å². The normalized spacial score (nSPS) is 18.3. The Bertz CT molecular complexity index is 190. The van der Waals surface area contributed by atoms with Crippen molar-refractivity contribution in [2.24, 2.45) is 5.92 Å². The number of rotatable bonds is 6. The van der Waals surface area contributed by atoms with Crippen molar-refractivity contribution in [3.05, 3.63) is 0 Å². The fraction of sp³-hybridized carbons (Fsp3) is 0.909. The van der Waals surface area contributed by atoms with E-state index in [1.54, 1.807) is 0 Å². The van der Waals surface area contributed by atoms with Gasteiger partial charge < -0.3 is 14.7 Å². The Balaban J connectivity index is 2.06. The number of nitrogens with zero attached hydrogens (tertiary/aromatic N) is 1. The molecular formula is C11H21NO3. The van der Waals surface area contributed by atoms with Gasteiger partial charge >= 0.3 is 5.97 Å². The van der Waals surface area contributed by atoms with Gasteiger partial charge in [0, 0.05) is 26.2 Å². The number of aliphatic carboxylic acids is 1. The molecule has 15 heavy (non-hydrogen) atoms. The van der Waals surface area contributed by atoms with E-state index < -0.39 is 5.97 Å². The van der Waals surface area contributed by atoms with Crippen LogP contribution in [-0.2, 0) is 9.53 Å². The van der Waals surface area contributed by atoms with Gasteiger partial charge in [-0.1, -0.05) is 0 Å². The Morgan fingerprint density at radius 3 is 2.73 bits per heavy atom. The van der Waals surface area contributed by atoms with Gasteiger partial charge in [0.1, 0.15) is 0 Å². The maximum absolute atomic E-state index is 10.3. The molecule has 88 valence electrons. The summed E-state index contributed by atoms with van der Waals surface area (Å²) >= 11 is 0. The van der Waals surface area contributed by atoms with Crippen molar-refractivity contribution in [1.29, 1.82) is 0 Å². The highest BCUT2D eigenvalue weighted by Gasteiger charge is 2.15. The molecular weight excluding hydrogens is 194 g/mol. The van der Waals surface area contributed by atoms with E-state index in [1.165, 1.54) is 0 Å². The zero-order valence-corrected chi connectivity index (χ0v) is 9.45. The van der Waals surface area contributed by atoms with Crippen LogP contribution >= 0.6 is 0 Å². The lowest BCUT2D eigenvalue weighted by molar-refractivity contribution is -0.137. The third kappa shape index (κ3) is 5.74. The molecule has 1 heterocycles. The number of hydrogen-bond acceptors (Lipinski definition) is 3. The predicted molar refractivity (Wildman–Crippen MR) is 57.9 cm³/mol. The molecule has 0 atom stereocenters. The average Bonchev–Trinajstić information content (AvgIpc) is 2.18. The van der Waals surface area contributed by atoms with E-state index in [2.05, 4.69) is 11.9 Å². The zero-order chi connectivity index (χ0) is 11.1. The quantitative estimate of drug-likeness (QED) is 0.723. The first kappa shape index (κ1) is 12.5. The summed E-state index contributed by atoms with van der Waals surface area (Å²) in [5.74, 6) is 0.0306. The standard InChI is InChI=1S/C11H21NO3/c1-12(6-2-3-11(13)14)9-10-4-7-15-8-5-10/h10H,2-9H2,1H3,(H,13,14). The van der Waals surface area contributed by atoms with Gasteiger partial charge in [-0.15, -0.1) is 0 Å². The molecule has 0 aromatic heterocycles. The van der Waals surface area contributed by atoms with Gasteiger partial charge in [0.15, 0.2) is 0 Å². The molecule has 1 saturated heterocycles. The number of hydrogen-bond donors (Lipinski definition) is 1. The minimum absolute atomic E-state index is 0.276. The Kier molecular flexibility index (Phi) is 5.65. The molecule has 4 nitrogen and oxygen atoms in total. The first-order valence-corrected chi connectivity index (χ1v) is 5.66. The fourth-order valence-electron chi connectivity index (χ4n) is 1.96. The smallest absolute Gasteiger partial charge is 0.303 e. The van der Waals surface area contributed by atoms with Crippen LogP contribution in [0.1, 0.15) is 25.7 Å². The second-order valence-corrected chi connectivity index (χ2v) is 4.32. The Hall–Kier alpha value is -0.610. The minimum Gasteiger partial charge on any atom is -0.481 e. The maximum Gasteiger partial charge on any atom is 0.303 e. The fourth-order valence-corrected chi connectivity index (χ4v) is 1.96. The van der Waals surface area contributed by atoms with Crippen molar-refractivity contribution >= 4 is 5.97 Å². The lowest BCUT2D eigenvalue weighted by Gasteiger charge is -2.26. The van der Waals surface area contributed by atoms with Crippen LogP contribution in [0.5, 0.6) is 0 Å². The van der Waals surface area contributed by atoms with Gasteiger partial charge in [-0.05, 0) is 38.8 Å². The summed E-state index contributed by atoms with van der Waals surface area (Å²) in [6, 6.07) is 0. The summed E-state index contributed by atoms with van der Waals surface area (Å²) in [6.07, 6.45) is 3.31. The molecule has 0 bridgehead atoms. The van der Waals surface area contributed by atoms with Crippen molar-refractivity contribution in [2.75, 3.05) is 33.4 Å². The van der Waals surface area contributed by atoms with Crippen LogP contribution < -0.4 is 0 Å². The van der Waals surface area contributed by atoms with E-state index in [0.717, 1.165) is 51.5 Å². The van der Waals surface area contributed by atoms with Crippen LogP contribution in [0.15, 0.2) is 0 Å². The minimum atomic E-state index is -0.700. The summed E-state index contributed by atoms with van der Waals surface area (Å²) in [7, 11) is 2.07. The monoisotopic (exact) mass is 215 g/mol. The third-order valence-corrected chi connectivity index (χ3v) is 2.84. The van der Waals surface area contributed by atoms with E-state index >= 15 is 0 Å². The summed E-state index contributed by atoms with van der Waals surface area (Å²) in [6.45, 7) is 3.72. The lowest BCUT2D eigenvalue weighted by Crippen LogP contribution is -2.30. The van der Waals surface area contributed by atoms with Gasteiger partial charge in [-0.3, -0.25) is 4.79 Å². The van der Waals surface area contributed by atoms with Gasteiger partial charge in [0.25, 0.3) is 0 Å². The van der Waals surface area contributed by atoms with E-state index in [9.17, 15) is 4.79 Å². The van der Waals surface area contributed by atoms with Crippen molar-refractivity contribution in [2.45, 2.75) is 25.7 Å². The predicted octanol–water partition coefficient (Wildman–Crippen LogP) is 1.21. The van der Waals surface area contributed by atoms with E-state index in [0.29, 0.717) is 0 Å². The average molecular weight is 215 g/mol. The molecule has 0 amide bonds. The number of carboxylic acid groups (broad SMARTS) is 1. The second-order valence-electron chi connectivity index (χ2n) is 4.32. The molecule has 1 N–H and O–H groups in total. The number of carbonyl (C=O) groups is 1. The number of ether oxygens (including phenoxy) is 1. The van der Waals surface area contributed by atoms with Crippen LogP contribution in [0.3, 0.4) is 0 Å². The van der Waals surface area contributed by atoms with E-state index in [4.69, 9.17) is 9.84 Å². The van der Waals surface area contributed by atoms with Crippen LogP contribution in [-0.4, -0.2) is 49.3 Å². The van der Waals surface area contributed by atoms with Crippen molar-refractivity contribution in [3.8, 4) is 0 Å². The highest BCUT2D eigenvalue weighted by molar-refractivity contribution is 5.66. The summed E-state index contributed by atoms with van der Waals surface area (Å²) in [4.78, 5) is 12.6. The van der Waals surface area contributed by atoms with Gasteiger partial charge in [0.2, 0.25) is 0 Å². The summed E-state index contributed by atoms with van der Waals surface area (Å²) in [5, 5.41) is 8.51. The lowest BCUT2D eigenvalue weighted by atomic mass is 10.00. The summed E-state index contributed by atoms with van der Waals surface area (Å²) in [5.41, 5.74) is 0. The molecule has 0 aromatic rings. The molecule has 0 spiro atoms. The molecule has 1 fully saturated rings. The Morgan fingerprint density at radius 2 is 2.13 bits per heavy atom. The van der Waals surface area contributed by atoms with E-state index in [1.807, 2.05) is 0 Å². The van der Waals surface area contributed by atoms with E-state index in [-0.39, 0.29) is 6.42 Å². The van der Waals surface area contributed by atoms with Gasteiger partial charge in [0.05, 0.1) is 0 Å². The van der Waals surface area contributed by atoms with Crippen molar-refractivity contribution in [3.63, 3.8) is 0 Å². The number of carboxylic acids is 1. The van der Waals surface area contributed by atoms with Crippen LogP contribution in [0.4, 0.5) is 0 Å². The first-order chi connectivity index (χ1) is 7.18. The molecule has 0 unspecified atom stereocenters. The highest BCUT2D eigenvalue weighted by Crippen LogP contribution is 2.15. The SMILES string of the molecule is CN(CCCC(=O)O)CC1CCOCC1.